The van der Waals surface area contributed by atoms with Gasteiger partial charge in [-0.2, -0.15) is 16.9 Å². The van der Waals surface area contributed by atoms with E-state index in [1.54, 1.807) is 16.4 Å². The predicted octanol–water partition coefficient (Wildman–Crippen LogP) is 3.29. The minimum atomic E-state index is -2.98. The van der Waals surface area contributed by atoms with Gasteiger partial charge in [0.2, 0.25) is 5.91 Å². The van der Waals surface area contributed by atoms with Crippen molar-refractivity contribution in [1.29, 1.82) is 0 Å². The van der Waals surface area contributed by atoms with Crippen LogP contribution in [0, 0.1) is 5.92 Å². The standard InChI is InChI=1S/C18H27N3O3S2/c22-17(7-6-13-4-2-1-3-5-13)19-18-15-10-25-11-16(15)20-21(18)14-8-9-26(23,24)12-14/h13-14H,1-12H2,(H,19,22). The Bertz CT molecular complexity index is 782. The Morgan fingerprint density at radius 2 is 2.00 bits per heavy atom. The van der Waals surface area contributed by atoms with Crippen molar-refractivity contribution in [3.8, 4) is 0 Å². The molecular formula is C18H27N3O3S2. The van der Waals surface area contributed by atoms with Crippen LogP contribution in [-0.4, -0.2) is 35.6 Å². The quantitative estimate of drug-likeness (QED) is 0.824. The van der Waals surface area contributed by atoms with Gasteiger partial charge in [0, 0.05) is 23.5 Å². The number of aromatic nitrogens is 2. The van der Waals surface area contributed by atoms with Gasteiger partial charge in [-0.3, -0.25) is 4.79 Å². The number of carbonyl (C=O) groups is 1. The molecule has 26 heavy (non-hydrogen) atoms. The summed E-state index contributed by atoms with van der Waals surface area (Å²) in [5, 5.41) is 7.75. The third-order valence-electron chi connectivity index (χ3n) is 5.89. The molecule has 1 unspecified atom stereocenters. The molecule has 0 spiro atoms. The molecule has 2 fully saturated rings. The maximum atomic E-state index is 12.6. The van der Waals surface area contributed by atoms with Gasteiger partial charge in [0.1, 0.15) is 5.82 Å². The lowest BCUT2D eigenvalue weighted by Gasteiger charge is -2.21. The number of rotatable bonds is 5. The van der Waals surface area contributed by atoms with E-state index in [1.165, 1.54) is 32.1 Å². The molecular weight excluding hydrogens is 370 g/mol. The topological polar surface area (TPSA) is 81.1 Å². The summed E-state index contributed by atoms with van der Waals surface area (Å²) in [5.74, 6) is 3.50. The summed E-state index contributed by atoms with van der Waals surface area (Å²) < 4.78 is 25.5. The number of carbonyl (C=O) groups excluding carboxylic acids is 1. The van der Waals surface area contributed by atoms with Gasteiger partial charge in [0.05, 0.1) is 23.2 Å². The SMILES string of the molecule is O=C(CCC1CCCCC1)Nc1c2c(nn1C1CCS(=O)(=O)C1)CSC2. The van der Waals surface area contributed by atoms with Crippen molar-refractivity contribution >= 4 is 33.3 Å². The van der Waals surface area contributed by atoms with E-state index < -0.39 is 9.84 Å². The zero-order chi connectivity index (χ0) is 18.1. The molecule has 3 aliphatic rings. The van der Waals surface area contributed by atoms with E-state index in [9.17, 15) is 13.2 Å². The van der Waals surface area contributed by atoms with Gasteiger partial charge in [0.25, 0.3) is 0 Å². The van der Waals surface area contributed by atoms with E-state index in [0.29, 0.717) is 18.8 Å². The Morgan fingerprint density at radius 1 is 1.19 bits per heavy atom. The van der Waals surface area contributed by atoms with Crippen molar-refractivity contribution in [3.05, 3.63) is 11.3 Å². The number of thioether (sulfide) groups is 1. The van der Waals surface area contributed by atoms with Gasteiger partial charge in [-0.1, -0.05) is 32.1 Å². The van der Waals surface area contributed by atoms with Crippen molar-refractivity contribution in [2.75, 3.05) is 16.8 Å². The normalized spacial score (nSPS) is 25.3. The van der Waals surface area contributed by atoms with E-state index in [0.717, 1.165) is 35.0 Å². The second kappa shape index (κ2) is 7.54. The zero-order valence-corrected chi connectivity index (χ0v) is 16.7. The summed E-state index contributed by atoms with van der Waals surface area (Å²) in [6.07, 6.45) is 8.49. The van der Waals surface area contributed by atoms with Crippen molar-refractivity contribution in [2.45, 2.75) is 68.9 Å². The van der Waals surface area contributed by atoms with Crippen LogP contribution in [0.3, 0.4) is 0 Å². The highest BCUT2D eigenvalue weighted by molar-refractivity contribution is 7.98. The van der Waals surface area contributed by atoms with E-state index in [-0.39, 0.29) is 23.5 Å². The molecule has 1 N–H and O–H groups in total. The van der Waals surface area contributed by atoms with Crippen LogP contribution >= 0.6 is 11.8 Å². The molecule has 0 radical (unpaired) electrons. The molecule has 1 atom stereocenters. The van der Waals surface area contributed by atoms with Crippen molar-refractivity contribution in [3.63, 3.8) is 0 Å². The first-order valence-electron chi connectivity index (χ1n) is 9.70. The molecule has 1 aromatic heterocycles. The average Bonchev–Trinajstić information content (AvgIpc) is 3.30. The third kappa shape index (κ3) is 3.96. The summed E-state index contributed by atoms with van der Waals surface area (Å²) in [5.41, 5.74) is 2.09. The van der Waals surface area contributed by atoms with Gasteiger partial charge < -0.3 is 5.32 Å². The molecule has 0 bridgehead atoms. The van der Waals surface area contributed by atoms with Crippen molar-refractivity contribution < 1.29 is 13.2 Å². The van der Waals surface area contributed by atoms with Crippen molar-refractivity contribution in [2.24, 2.45) is 5.92 Å². The lowest BCUT2D eigenvalue weighted by Crippen LogP contribution is -2.21. The summed E-state index contributed by atoms with van der Waals surface area (Å²) >= 11 is 1.79. The van der Waals surface area contributed by atoms with Crippen LogP contribution in [0.5, 0.6) is 0 Å². The molecule has 6 nitrogen and oxygen atoms in total. The van der Waals surface area contributed by atoms with Crippen LogP contribution in [-0.2, 0) is 26.1 Å². The molecule has 1 aromatic rings. The van der Waals surface area contributed by atoms with Gasteiger partial charge in [-0.05, 0) is 18.8 Å². The number of anilines is 1. The molecule has 1 aliphatic carbocycles. The fourth-order valence-electron chi connectivity index (χ4n) is 4.40. The maximum absolute atomic E-state index is 12.6. The number of nitrogens with one attached hydrogen (secondary N) is 1. The van der Waals surface area contributed by atoms with E-state index >= 15 is 0 Å². The van der Waals surface area contributed by atoms with Crippen LogP contribution < -0.4 is 5.32 Å². The highest BCUT2D eigenvalue weighted by atomic mass is 32.2. The molecule has 4 rings (SSSR count). The minimum absolute atomic E-state index is 0.0391. The Hall–Kier alpha value is -1.02. The first kappa shape index (κ1) is 18.3. The lowest BCUT2D eigenvalue weighted by atomic mass is 9.86. The van der Waals surface area contributed by atoms with Gasteiger partial charge in [0.15, 0.2) is 9.84 Å². The molecule has 8 heteroatoms. The number of nitrogens with zero attached hydrogens (tertiary/aromatic N) is 2. The third-order valence-corrected chi connectivity index (χ3v) is 8.61. The Morgan fingerprint density at radius 3 is 2.73 bits per heavy atom. The van der Waals surface area contributed by atoms with Crippen LogP contribution in [0.1, 0.15) is 68.7 Å². The average molecular weight is 398 g/mol. The lowest BCUT2D eigenvalue weighted by molar-refractivity contribution is -0.116. The summed E-state index contributed by atoms with van der Waals surface area (Å²) in [6.45, 7) is 0. The zero-order valence-electron chi connectivity index (χ0n) is 15.1. The van der Waals surface area contributed by atoms with Crippen LogP contribution in [0.2, 0.25) is 0 Å². The fraction of sp³-hybridized carbons (Fsp3) is 0.778. The number of amides is 1. The summed E-state index contributed by atoms with van der Waals surface area (Å²) in [4.78, 5) is 12.6. The molecule has 1 saturated heterocycles. The van der Waals surface area contributed by atoms with E-state index in [4.69, 9.17) is 0 Å². The molecule has 1 saturated carbocycles. The molecule has 0 aromatic carbocycles. The second-order valence-electron chi connectivity index (χ2n) is 7.86. The highest BCUT2D eigenvalue weighted by Crippen LogP contribution is 2.38. The number of fused-ring (bicyclic) bond motifs is 1. The molecule has 1 amide bonds. The number of hydrogen-bond acceptors (Lipinski definition) is 5. The Labute approximate surface area is 159 Å². The van der Waals surface area contributed by atoms with Gasteiger partial charge >= 0.3 is 0 Å². The minimum Gasteiger partial charge on any atom is -0.311 e. The molecule has 2 aliphatic heterocycles. The first-order valence-corrected chi connectivity index (χ1v) is 12.7. The van der Waals surface area contributed by atoms with Crippen LogP contribution in [0.25, 0.3) is 0 Å². The molecule has 144 valence electrons. The Kier molecular flexibility index (Phi) is 5.32. The summed E-state index contributed by atoms with van der Waals surface area (Å²) in [7, 11) is -2.98. The van der Waals surface area contributed by atoms with Crippen LogP contribution in [0.15, 0.2) is 0 Å². The smallest absolute Gasteiger partial charge is 0.225 e. The van der Waals surface area contributed by atoms with Gasteiger partial charge in [-0.25, -0.2) is 13.1 Å². The van der Waals surface area contributed by atoms with E-state index in [1.807, 2.05) is 0 Å². The van der Waals surface area contributed by atoms with Crippen molar-refractivity contribution in [1.82, 2.24) is 9.78 Å². The maximum Gasteiger partial charge on any atom is 0.225 e. The largest absolute Gasteiger partial charge is 0.311 e. The number of hydrogen-bond donors (Lipinski definition) is 1. The first-order chi connectivity index (χ1) is 12.5. The fourth-order valence-corrected chi connectivity index (χ4v) is 7.13. The second-order valence-corrected chi connectivity index (χ2v) is 11.1. The Balaban J connectivity index is 1.46. The summed E-state index contributed by atoms with van der Waals surface area (Å²) in [6, 6.07) is -0.149. The molecule has 3 heterocycles. The predicted molar refractivity (Wildman–Crippen MR) is 104 cm³/mol. The highest BCUT2D eigenvalue weighted by Gasteiger charge is 2.34. The monoisotopic (exact) mass is 397 g/mol. The van der Waals surface area contributed by atoms with E-state index in [2.05, 4.69) is 10.4 Å². The number of sulfone groups is 1. The van der Waals surface area contributed by atoms with Crippen LogP contribution in [0.4, 0.5) is 5.82 Å². The van der Waals surface area contributed by atoms with Gasteiger partial charge in [-0.15, -0.1) is 0 Å².